The third-order valence-corrected chi connectivity index (χ3v) is 6.71. The Kier molecular flexibility index (Phi) is 6.49. The number of carbonyl (C=O) groups is 1. The van der Waals surface area contributed by atoms with E-state index < -0.39 is 16.9 Å². The number of benzene rings is 2. The number of fused-ring (bicyclic) bond motifs is 1. The molecule has 2 heterocycles. The van der Waals surface area contributed by atoms with Crippen LogP contribution in [0.5, 0.6) is 0 Å². The van der Waals surface area contributed by atoms with Crippen LogP contribution in [0.1, 0.15) is 36.6 Å². The lowest BCUT2D eigenvalue weighted by Crippen LogP contribution is -2.39. The second-order valence-corrected chi connectivity index (χ2v) is 9.09. The van der Waals surface area contributed by atoms with Gasteiger partial charge in [-0.3, -0.25) is 19.5 Å². The van der Waals surface area contributed by atoms with Crippen LogP contribution in [-0.4, -0.2) is 22.1 Å². The third kappa shape index (κ3) is 4.32. The number of hydrogen-bond donors (Lipinski definition) is 0. The Hall–Kier alpha value is -3.56. The largest absolute Gasteiger partial charge is 0.463 e. The van der Waals surface area contributed by atoms with E-state index in [0.717, 1.165) is 22.5 Å². The van der Waals surface area contributed by atoms with E-state index in [1.165, 1.54) is 28.8 Å². The van der Waals surface area contributed by atoms with Crippen molar-refractivity contribution in [3.05, 3.63) is 105 Å². The number of halogens is 1. The van der Waals surface area contributed by atoms with Gasteiger partial charge in [-0.2, -0.15) is 0 Å². The number of hydrogen-bond acceptors (Lipinski definition) is 7. The minimum absolute atomic E-state index is 0.138. The molecule has 1 aliphatic heterocycles. The highest BCUT2D eigenvalue weighted by Gasteiger charge is 2.33. The van der Waals surface area contributed by atoms with E-state index in [9.17, 15) is 19.7 Å². The second kappa shape index (κ2) is 9.36. The van der Waals surface area contributed by atoms with Crippen molar-refractivity contribution in [2.75, 3.05) is 6.61 Å². The number of esters is 1. The van der Waals surface area contributed by atoms with Gasteiger partial charge in [0.25, 0.3) is 11.2 Å². The van der Waals surface area contributed by atoms with Crippen molar-refractivity contribution in [3.63, 3.8) is 0 Å². The Labute approximate surface area is 203 Å². The number of aromatic nitrogens is 1. The molecular weight excluding hydrogens is 478 g/mol. The fourth-order valence-corrected chi connectivity index (χ4v) is 4.96. The van der Waals surface area contributed by atoms with Gasteiger partial charge in [0, 0.05) is 22.7 Å². The Morgan fingerprint density at radius 1 is 1.26 bits per heavy atom. The summed E-state index contributed by atoms with van der Waals surface area (Å²) in [5.74, 6) is -0.537. The van der Waals surface area contributed by atoms with E-state index in [1.54, 1.807) is 13.8 Å². The molecule has 0 amide bonds. The first-order valence-electron chi connectivity index (χ1n) is 10.4. The summed E-state index contributed by atoms with van der Waals surface area (Å²) in [6.45, 7) is 5.56. The summed E-state index contributed by atoms with van der Waals surface area (Å²) in [6.07, 6.45) is 1.51. The number of ether oxygens (including phenoxy) is 1. The average Bonchev–Trinajstić information content (AvgIpc) is 3.09. The summed E-state index contributed by atoms with van der Waals surface area (Å²) in [6, 6.07) is 10.9. The van der Waals surface area contributed by atoms with Crippen molar-refractivity contribution >= 4 is 40.7 Å². The van der Waals surface area contributed by atoms with Gasteiger partial charge in [-0.05, 0) is 38.5 Å². The zero-order valence-corrected chi connectivity index (χ0v) is 20.1. The molecule has 1 aromatic heterocycles. The predicted octanol–water partition coefficient (Wildman–Crippen LogP) is 3.67. The van der Waals surface area contributed by atoms with E-state index in [1.807, 2.05) is 31.2 Å². The maximum atomic E-state index is 13.6. The van der Waals surface area contributed by atoms with Crippen LogP contribution in [-0.2, 0) is 9.53 Å². The van der Waals surface area contributed by atoms with Crippen LogP contribution in [0.4, 0.5) is 5.69 Å². The minimum Gasteiger partial charge on any atom is -0.463 e. The number of rotatable bonds is 5. The standard InChI is InChI=1S/C24H20ClN3O5S/c1-4-33-23(30)20-14(3)26-24-27(21(20)15-7-5-13(2)6-8-15)22(29)19(34-24)12-16-11-17(28(31)32)9-10-18(16)25/h5-12,21H,4H2,1-3H3/b19-12+/t21-/m1/s1. The third-order valence-electron chi connectivity index (χ3n) is 5.39. The fraction of sp³-hybridized carbons (Fsp3) is 0.208. The van der Waals surface area contributed by atoms with Crippen LogP contribution < -0.4 is 14.9 Å². The van der Waals surface area contributed by atoms with Crippen LogP contribution in [0.3, 0.4) is 0 Å². The van der Waals surface area contributed by atoms with Crippen molar-refractivity contribution in [2.24, 2.45) is 4.99 Å². The van der Waals surface area contributed by atoms with Gasteiger partial charge < -0.3 is 4.74 Å². The number of non-ortho nitro benzene ring substituents is 1. The number of nitro benzene ring substituents is 1. The molecule has 174 valence electrons. The first kappa shape index (κ1) is 23.6. The molecule has 34 heavy (non-hydrogen) atoms. The first-order valence-corrected chi connectivity index (χ1v) is 11.6. The first-order chi connectivity index (χ1) is 16.2. The summed E-state index contributed by atoms with van der Waals surface area (Å²) >= 11 is 7.37. The molecule has 0 saturated carbocycles. The second-order valence-electron chi connectivity index (χ2n) is 7.68. The molecule has 8 nitrogen and oxygen atoms in total. The molecule has 1 atom stereocenters. The van der Waals surface area contributed by atoms with Crippen molar-refractivity contribution in [3.8, 4) is 0 Å². The quantitative estimate of drug-likeness (QED) is 0.304. The Morgan fingerprint density at radius 3 is 2.62 bits per heavy atom. The molecule has 0 spiro atoms. The zero-order chi connectivity index (χ0) is 24.6. The maximum Gasteiger partial charge on any atom is 0.338 e. The fourth-order valence-electron chi connectivity index (χ4n) is 3.75. The van der Waals surface area contributed by atoms with Gasteiger partial charge in [0.15, 0.2) is 4.80 Å². The lowest BCUT2D eigenvalue weighted by Gasteiger charge is -2.24. The van der Waals surface area contributed by atoms with Crippen LogP contribution in [0.15, 0.2) is 63.5 Å². The highest BCUT2D eigenvalue weighted by Crippen LogP contribution is 2.31. The van der Waals surface area contributed by atoms with Gasteiger partial charge in [-0.1, -0.05) is 52.8 Å². The number of allylic oxidation sites excluding steroid dienone is 1. The molecule has 0 fully saturated rings. The van der Waals surface area contributed by atoms with Crippen molar-refractivity contribution < 1.29 is 14.5 Å². The molecule has 10 heteroatoms. The van der Waals surface area contributed by atoms with E-state index in [4.69, 9.17) is 16.3 Å². The van der Waals surface area contributed by atoms with Gasteiger partial charge in [0.2, 0.25) is 0 Å². The van der Waals surface area contributed by atoms with Crippen molar-refractivity contribution in [1.29, 1.82) is 0 Å². The van der Waals surface area contributed by atoms with E-state index >= 15 is 0 Å². The van der Waals surface area contributed by atoms with Gasteiger partial charge in [0.05, 0.1) is 33.4 Å². The lowest BCUT2D eigenvalue weighted by molar-refractivity contribution is -0.384. The molecule has 0 radical (unpaired) electrons. The van der Waals surface area contributed by atoms with Gasteiger partial charge in [0.1, 0.15) is 0 Å². The van der Waals surface area contributed by atoms with Crippen LogP contribution in [0, 0.1) is 17.0 Å². The molecule has 0 N–H and O–H groups in total. The maximum absolute atomic E-state index is 13.6. The van der Waals surface area contributed by atoms with E-state index in [0.29, 0.717) is 16.1 Å². The smallest absolute Gasteiger partial charge is 0.338 e. The highest BCUT2D eigenvalue weighted by molar-refractivity contribution is 7.07. The lowest BCUT2D eigenvalue weighted by atomic mass is 9.95. The van der Waals surface area contributed by atoms with Crippen LogP contribution in [0.25, 0.3) is 6.08 Å². The molecule has 0 bridgehead atoms. The normalized spacial score (nSPS) is 15.6. The van der Waals surface area contributed by atoms with Crippen LogP contribution >= 0.6 is 22.9 Å². The molecular formula is C24H20ClN3O5S. The van der Waals surface area contributed by atoms with Crippen LogP contribution in [0.2, 0.25) is 5.02 Å². The Bertz CT molecular complexity index is 1520. The molecule has 0 saturated heterocycles. The molecule has 4 rings (SSSR count). The number of nitro groups is 1. The topological polar surface area (TPSA) is 104 Å². The number of carbonyl (C=O) groups excluding carboxylic acids is 1. The molecule has 3 aromatic rings. The summed E-state index contributed by atoms with van der Waals surface area (Å²) < 4.78 is 7.03. The summed E-state index contributed by atoms with van der Waals surface area (Å²) in [5, 5.41) is 11.5. The van der Waals surface area contributed by atoms with Gasteiger partial charge in [-0.25, -0.2) is 9.79 Å². The summed E-state index contributed by atoms with van der Waals surface area (Å²) in [7, 11) is 0. The number of nitrogens with zero attached hydrogens (tertiary/aromatic N) is 3. The highest BCUT2D eigenvalue weighted by atomic mass is 35.5. The molecule has 0 aliphatic carbocycles. The summed E-state index contributed by atoms with van der Waals surface area (Å²) in [5.41, 5.74) is 2.35. The molecule has 1 aliphatic rings. The monoisotopic (exact) mass is 497 g/mol. The SMILES string of the molecule is CCOC(=O)C1=C(C)N=c2s/c(=C/c3cc([N+](=O)[O-])ccc3Cl)c(=O)n2[C@@H]1c1ccc(C)cc1. The Balaban J connectivity index is 1.96. The zero-order valence-electron chi connectivity index (χ0n) is 18.6. The van der Waals surface area contributed by atoms with Crippen molar-refractivity contribution in [2.45, 2.75) is 26.8 Å². The number of thiazole rings is 1. The molecule has 0 unspecified atom stereocenters. The van der Waals surface area contributed by atoms with Gasteiger partial charge >= 0.3 is 5.97 Å². The number of aryl methyl sites for hydroxylation is 1. The van der Waals surface area contributed by atoms with Gasteiger partial charge in [-0.15, -0.1) is 0 Å². The van der Waals surface area contributed by atoms with E-state index in [2.05, 4.69) is 4.99 Å². The molecule has 2 aromatic carbocycles. The summed E-state index contributed by atoms with van der Waals surface area (Å²) in [4.78, 5) is 42.0. The predicted molar refractivity (Wildman–Crippen MR) is 130 cm³/mol. The Morgan fingerprint density at radius 2 is 1.97 bits per heavy atom. The average molecular weight is 498 g/mol. The van der Waals surface area contributed by atoms with Crippen molar-refractivity contribution in [1.82, 2.24) is 4.57 Å². The minimum atomic E-state index is -0.723. The van der Waals surface area contributed by atoms with E-state index in [-0.39, 0.29) is 33.0 Å².